The monoisotopic (exact) mass is 430 g/mol. The zero-order chi connectivity index (χ0) is 22.1. The molecule has 6 heteroatoms. The van der Waals surface area contributed by atoms with Crippen LogP contribution in [0.4, 0.5) is 0 Å². The van der Waals surface area contributed by atoms with Crippen LogP contribution in [0.25, 0.3) is 0 Å². The molecule has 5 nitrogen and oxygen atoms in total. The van der Waals surface area contributed by atoms with Gasteiger partial charge in [0.1, 0.15) is 17.3 Å². The summed E-state index contributed by atoms with van der Waals surface area (Å²) < 4.78 is 4.73. The van der Waals surface area contributed by atoms with Gasteiger partial charge in [0.25, 0.3) is 0 Å². The Morgan fingerprint density at radius 2 is 1.50 bits per heavy atom. The van der Waals surface area contributed by atoms with Gasteiger partial charge < -0.3 is 19.9 Å². The molecule has 1 atom stereocenters. The Bertz CT molecular complexity index is 809. The summed E-state index contributed by atoms with van der Waals surface area (Å²) in [5.41, 5.74) is 2.10. The van der Waals surface area contributed by atoms with E-state index in [-0.39, 0.29) is 16.9 Å². The maximum absolute atomic E-state index is 9.30. The topological polar surface area (TPSA) is 81.7 Å². The first kappa shape index (κ1) is 23.8. The fourth-order valence-electron chi connectivity index (χ4n) is 2.67. The SMILES string of the molecule is CC(C)(c1ccc(O)cc1)c1ccc(O)cc1.CC(C)c1ncc[nH]1.ClCC1CO1. The average Bonchev–Trinajstić information content (AvgIpc) is 3.41. The number of aromatic amines is 1. The number of imidazole rings is 1. The lowest BCUT2D eigenvalue weighted by Gasteiger charge is -2.26. The molecule has 30 heavy (non-hydrogen) atoms. The fourth-order valence-corrected chi connectivity index (χ4v) is 2.85. The van der Waals surface area contributed by atoms with E-state index in [0.717, 1.165) is 23.6 Å². The molecule has 3 aromatic rings. The summed E-state index contributed by atoms with van der Waals surface area (Å²) in [7, 11) is 0. The molecule has 4 rings (SSSR count). The van der Waals surface area contributed by atoms with E-state index in [1.165, 1.54) is 0 Å². The maximum atomic E-state index is 9.30. The first-order chi connectivity index (χ1) is 14.2. The van der Waals surface area contributed by atoms with E-state index in [1.54, 1.807) is 30.5 Å². The van der Waals surface area contributed by atoms with Crippen molar-refractivity contribution in [3.05, 3.63) is 77.9 Å². The zero-order valence-electron chi connectivity index (χ0n) is 18.0. The van der Waals surface area contributed by atoms with Crippen molar-refractivity contribution in [2.24, 2.45) is 0 Å². The highest BCUT2D eigenvalue weighted by Gasteiger charge is 2.22. The van der Waals surface area contributed by atoms with Gasteiger partial charge in [0, 0.05) is 23.7 Å². The number of hydrogen-bond donors (Lipinski definition) is 3. The lowest BCUT2D eigenvalue weighted by Crippen LogP contribution is -2.18. The fraction of sp³-hybridized carbons (Fsp3) is 0.375. The molecule has 3 N–H and O–H groups in total. The molecule has 0 amide bonds. The summed E-state index contributed by atoms with van der Waals surface area (Å²) >= 11 is 5.27. The van der Waals surface area contributed by atoms with E-state index in [1.807, 2.05) is 30.5 Å². The first-order valence-corrected chi connectivity index (χ1v) is 10.5. The number of H-pyrrole nitrogens is 1. The van der Waals surface area contributed by atoms with Gasteiger partial charge in [0.15, 0.2) is 0 Å². The van der Waals surface area contributed by atoms with Crippen molar-refractivity contribution < 1.29 is 14.9 Å². The molecule has 0 radical (unpaired) electrons. The second-order valence-electron chi connectivity index (χ2n) is 7.96. The highest BCUT2D eigenvalue weighted by Crippen LogP contribution is 2.32. The van der Waals surface area contributed by atoms with E-state index in [9.17, 15) is 10.2 Å². The number of nitrogens with one attached hydrogen (secondary N) is 1. The lowest BCUT2D eigenvalue weighted by atomic mass is 9.78. The predicted molar refractivity (Wildman–Crippen MR) is 121 cm³/mol. The Kier molecular flexibility index (Phi) is 8.75. The minimum Gasteiger partial charge on any atom is -0.508 e. The Labute approximate surface area is 183 Å². The molecule has 2 heterocycles. The molecule has 1 fully saturated rings. The van der Waals surface area contributed by atoms with Gasteiger partial charge >= 0.3 is 0 Å². The summed E-state index contributed by atoms with van der Waals surface area (Å²) in [4.78, 5) is 7.09. The molecule has 1 saturated heterocycles. The van der Waals surface area contributed by atoms with E-state index < -0.39 is 0 Å². The van der Waals surface area contributed by atoms with Gasteiger partial charge in [-0.3, -0.25) is 0 Å². The van der Waals surface area contributed by atoms with Crippen LogP contribution in [-0.2, 0) is 10.2 Å². The van der Waals surface area contributed by atoms with Gasteiger partial charge in [0.05, 0.1) is 18.6 Å². The van der Waals surface area contributed by atoms with Crippen LogP contribution in [-0.4, -0.2) is 38.8 Å². The van der Waals surface area contributed by atoms with Crippen LogP contribution < -0.4 is 0 Å². The summed E-state index contributed by atoms with van der Waals surface area (Å²) in [6, 6.07) is 14.4. The van der Waals surface area contributed by atoms with Crippen LogP contribution >= 0.6 is 11.6 Å². The molecule has 0 spiro atoms. The number of aromatic hydroxyl groups is 2. The van der Waals surface area contributed by atoms with E-state index >= 15 is 0 Å². The third-order valence-corrected chi connectivity index (χ3v) is 5.16. The molecular formula is C24H31ClN2O3. The summed E-state index contributed by atoms with van der Waals surface area (Å²) in [5.74, 6) is 2.79. The molecule has 1 aliphatic heterocycles. The largest absolute Gasteiger partial charge is 0.508 e. The minimum absolute atomic E-state index is 0.151. The standard InChI is InChI=1S/C15H16O2.C6H10N2.C3H5ClO/c1-15(2,11-3-7-13(16)8-4-11)12-5-9-14(17)10-6-12;1-5(2)6-7-3-4-8-6;4-1-3-2-5-3/h3-10,16-17H,1-2H3;3-5H,1-2H3,(H,7,8);3H,1-2H2. The number of benzene rings is 2. The number of phenolic OH excluding ortho intramolecular Hbond substituents is 2. The highest BCUT2D eigenvalue weighted by molar-refractivity contribution is 6.18. The number of ether oxygens (including phenoxy) is 1. The van der Waals surface area contributed by atoms with Crippen molar-refractivity contribution in [2.75, 3.05) is 12.5 Å². The summed E-state index contributed by atoms with van der Waals surface area (Å²) in [6.45, 7) is 9.33. The quantitative estimate of drug-likeness (QED) is 0.372. The molecule has 2 aromatic carbocycles. The smallest absolute Gasteiger partial charge is 0.115 e. The number of rotatable bonds is 4. The van der Waals surface area contributed by atoms with Crippen molar-refractivity contribution in [3.8, 4) is 11.5 Å². The number of hydrogen-bond acceptors (Lipinski definition) is 4. The average molecular weight is 431 g/mol. The number of alkyl halides is 1. The Hall–Kier alpha value is -2.50. The third-order valence-electron chi connectivity index (χ3n) is 4.82. The second kappa shape index (κ2) is 11.0. The molecule has 0 bridgehead atoms. The number of phenols is 2. The lowest BCUT2D eigenvalue weighted by molar-refractivity contribution is 0.425. The predicted octanol–water partition coefficient (Wildman–Crippen LogP) is 5.58. The van der Waals surface area contributed by atoms with Gasteiger partial charge in [-0.25, -0.2) is 4.98 Å². The van der Waals surface area contributed by atoms with Crippen LogP contribution in [0.2, 0.25) is 0 Å². The Morgan fingerprint density at radius 3 is 1.73 bits per heavy atom. The molecular weight excluding hydrogens is 400 g/mol. The molecule has 1 aliphatic rings. The summed E-state index contributed by atoms with van der Waals surface area (Å²) in [5, 5.41) is 18.6. The summed E-state index contributed by atoms with van der Waals surface area (Å²) in [6.07, 6.45) is 4.02. The van der Waals surface area contributed by atoms with Gasteiger partial charge in [-0.05, 0) is 35.4 Å². The van der Waals surface area contributed by atoms with E-state index in [0.29, 0.717) is 17.9 Å². The maximum Gasteiger partial charge on any atom is 0.115 e. The van der Waals surface area contributed by atoms with Crippen LogP contribution in [0.1, 0.15) is 50.6 Å². The number of nitrogens with zero attached hydrogens (tertiary/aromatic N) is 1. The number of epoxide rings is 1. The molecule has 1 aromatic heterocycles. The van der Waals surface area contributed by atoms with Crippen LogP contribution in [0.3, 0.4) is 0 Å². The molecule has 0 saturated carbocycles. The molecule has 1 unspecified atom stereocenters. The van der Waals surface area contributed by atoms with Crippen molar-refractivity contribution in [1.82, 2.24) is 9.97 Å². The third kappa shape index (κ3) is 7.39. The normalized spacial score (nSPS) is 14.9. The van der Waals surface area contributed by atoms with Gasteiger partial charge in [-0.1, -0.05) is 52.0 Å². The highest BCUT2D eigenvalue weighted by atomic mass is 35.5. The van der Waals surface area contributed by atoms with Gasteiger partial charge in [-0.2, -0.15) is 0 Å². The van der Waals surface area contributed by atoms with Crippen molar-refractivity contribution in [2.45, 2.75) is 45.1 Å². The van der Waals surface area contributed by atoms with Crippen LogP contribution in [0.5, 0.6) is 11.5 Å². The molecule has 162 valence electrons. The Balaban J connectivity index is 0.000000201. The zero-order valence-corrected chi connectivity index (χ0v) is 18.7. The van der Waals surface area contributed by atoms with Crippen molar-refractivity contribution in [3.63, 3.8) is 0 Å². The minimum atomic E-state index is -0.151. The van der Waals surface area contributed by atoms with Gasteiger partial charge in [-0.15, -0.1) is 11.6 Å². The van der Waals surface area contributed by atoms with Crippen molar-refractivity contribution in [1.29, 1.82) is 0 Å². The number of aromatic nitrogens is 2. The van der Waals surface area contributed by atoms with Gasteiger partial charge in [0.2, 0.25) is 0 Å². The van der Waals surface area contributed by atoms with Crippen LogP contribution in [0, 0.1) is 0 Å². The second-order valence-corrected chi connectivity index (χ2v) is 8.27. The Morgan fingerprint density at radius 1 is 1.03 bits per heavy atom. The van der Waals surface area contributed by atoms with E-state index in [4.69, 9.17) is 16.3 Å². The van der Waals surface area contributed by atoms with Crippen molar-refractivity contribution >= 4 is 11.6 Å². The first-order valence-electron chi connectivity index (χ1n) is 10.00. The number of halogens is 1. The molecule has 0 aliphatic carbocycles. The van der Waals surface area contributed by atoms with E-state index in [2.05, 4.69) is 37.7 Å². The van der Waals surface area contributed by atoms with Crippen LogP contribution in [0.15, 0.2) is 60.9 Å².